The molecule has 0 aliphatic heterocycles. The summed E-state index contributed by atoms with van der Waals surface area (Å²) < 4.78 is 7.19. The number of benzene rings is 2. The van der Waals surface area contributed by atoms with Crippen molar-refractivity contribution in [1.82, 2.24) is 14.7 Å². The lowest BCUT2D eigenvalue weighted by Gasteiger charge is -2.07. The fourth-order valence-electron chi connectivity index (χ4n) is 3.02. The van der Waals surface area contributed by atoms with E-state index in [1.165, 1.54) is 16.9 Å². The van der Waals surface area contributed by atoms with Crippen LogP contribution in [0.2, 0.25) is 0 Å². The first-order chi connectivity index (χ1) is 13.3. The molecule has 4 aromatic rings. The van der Waals surface area contributed by atoms with Crippen LogP contribution in [0.1, 0.15) is 16.1 Å². The van der Waals surface area contributed by atoms with E-state index in [0.717, 1.165) is 28.4 Å². The number of imidazole rings is 1. The van der Waals surface area contributed by atoms with Crippen molar-refractivity contribution in [2.45, 2.75) is 6.42 Å². The summed E-state index contributed by atoms with van der Waals surface area (Å²) in [4.78, 5) is 18.2. The van der Waals surface area contributed by atoms with Gasteiger partial charge >= 0.3 is 0 Å². The molecule has 0 fully saturated rings. The zero-order valence-corrected chi connectivity index (χ0v) is 15.7. The molecular formula is C21H19N3O2S. The zero-order valence-electron chi connectivity index (χ0n) is 14.9. The minimum atomic E-state index is -0.160. The predicted octanol–water partition coefficient (Wildman–Crippen LogP) is 4.04. The van der Waals surface area contributed by atoms with Crippen molar-refractivity contribution in [3.8, 4) is 17.0 Å². The van der Waals surface area contributed by atoms with Crippen LogP contribution in [0.5, 0.6) is 5.75 Å². The van der Waals surface area contributed by atoms with E-state index in [2.05, 4.69) is 22.4 Å². The maximum atomic E-state index is 12.8. The summed E-state index contributed by atoms with van der Waals surface area (Å²) >= 11 is 1.51. The number of hydrogen-bond donors (Lipinski definition) is 1. The Hall–Kier alpha value is -3.12. The van der Waals surface area contributed by atoms with E-state index in [9.17, 15) is 4.79 Å². The highest BCUT2D eigenvalue weighted by atomic mass is 32.1. The van der Waals surface area contributed by atoms with Crippen LogP contribution in [0.4, 0.5) is 0 Å². The molecule has 0 radical (unpaired) electrons. The van der Waals surface area contributed by atoms with E-state index in [4.69, 9.17) is 4.74 Å². The Bertz CT molecular complexity index is 1050. The SMILES string of the molecule is COc1ccc(-c2c(C(=O)NCCc3ccccc3)nc3sccn23)cc1. The maximum absolute atomic E-state index is 12.8. The van der Waals surface area contributed by atoms with Crippen molar-refractivity contribution in [2.75, 3.05) is 13.7 Å². The van der Waals surface area contributed by atoms with Gasteiger partial charge in [-0.3, -0.25) is 9.20 Å². The number of carbonyl (C=O) groups is 1. The van der Waals surface area contributed by atoms with Crippen molar-refractivity contribution in [3.05, 3.63) is 77.4 Å². The standard InChI is InChI=1S/C21H19N3O2S/c1-26-17-9-7-16(8-10-17)19-18(23-21-24(19)13-14-27-21)20(25)22-12-11-15-5-3-2-4-6-15/h2-10,13-14H,11-12H2,1H3,(H,22,25). The number of methoxy groups -OCH3 is 1. The average molecular weight is 377 g/mol. The summed E-state index contributed by atoms with van der Waals surface area (Å²) in [6, 6.07) is 17.8. The molecule has 0 bridgehead atoms. The third-order valence-corrected chi connectivity index (χ3v) is 5.14. The summed E-state index contributed by atoms with van der Waals surface area (Å²) in [6.45, 7) is 0.566. The fourth-order valence-corrected chi connectivity index (χ4v) is 3.73. The van der Waals surface area contributed by atoms with Gasteiger partial charge in [0.15, 0.2) is 10.7 Å². The molecule has 0 unspecified atom stereocenters. The predicted molar refractivity (Wildman–Crippen MR) is 108 cm³/mol. The number of nitrogens with one attached hydrogen (secondary N) is 1. The van der Waals surface area contributed by atoms with Crippen LogP contribution >= 0.6 is 11.3 Å². The summed E-state index contributed by atoms with van der Waals surface area (Å²) in [5.41, 5.74) is 3.36. The Morgan fingerprint density at radius 1 is 1.15 bits per heavy atom. The maximum Gasteiger partial charge on any atom is 0.272 e. The van der Waals surface area contributed by atoms with Crippen LogP contribution in [-0.4, -0.2) is 28.9 Å². The summed E-state index contributed by atoms with van der Waals surface area (Å²) in [6.07, 6.45) is 2.72. The number of fused-ring (bicyclic) bond motifs is 1. The van der Waals surface area contributed by atoms with E-state index >= 15 is 0 Å². The van der Waals surface area contributed by atoms with Gasteiger partial charge in [0, 0.05) is 23.7 Å². The first kappa shape index (κ1) is 17.3. The Morgan fingerprint density at radius 3 is 2.67 bits per heavy atom. The molecule has 6 heteroatoms. The molecule has 0 aliphatic rings. The molecule has 0 saturated heterocycles. The van der Waals surface area contributed by atoms with Crippen molar-refractivity contribution in [1.29, 1.82) is 0 Å². The van der Waals surface area contributed by atoms with Gasteiger partial charge in [0.05, 0.1) is 12.8 Å². The number of hydrogen-bond acceptors (Lipinski definition) is 4. The van der Waals surface area contributed by atoms with Gasteiger partial charge < -0.3 is 10.1 Å². The van der Waals surface area contributed by atoms with E-state index in [0.29, 0.717) is 12.2 Å². The van der Waals surface area contributed by atoms with E-state index in [-0.39, 0.29) is 5.91 Å². The average Bonchev–Trinajstić information content (AvgIpc) is 3.30. The molecule has 5 nitrogen and oxygen atoms in total. The van der Waals surface area contributed by atoms with Crippen LogP contribution in [0.15, 0.2) is 66.2 Å². The van der Waals surface area contributed by atoms with Crippen molar-refractivity contribution >= 4 is 22.2 Å². The molecular weight excluding hydrogens is 358 g/mol. The van der Waals surface area contributed by atoms with Gasteiger partial charge in [-0.25, -0.2) is 4.98 Å². The second-order valence-electron chi connectivity index (χ2n) is 6.08. The smallest absolute Gasteiger partial charge is 0.272 e. The number of ether oxygens (including phenoxy) is 1. The quantitative estimate of drug-likeness (QED) is 0.552. The van der Waals surface area contributed by atoms with Crippen LogP contribution in [0.25, 0.3) is 16.2 Å². The minimum Gasteiger partial charge on any atom is -0.497 e. The van der Waals surface area contributed by atoms with E-state index in [1.54, 1.807) is 7.11 Å². The van der Waals surface area contributed by atoms with E-state index in [1.807, 2.05) is 58.4 Å². The molecule has 1 amide bonds. The van der Waals surface area contributed by atoms with Gasteiger partial charge in [-0.05, 0) is 36.2 Å². The first-order valence-electron chi connectivity index (χ1n) is 8.68. The van der Waals surface area contributed by atoms with Crippen molar-refractivity contribution in [2.24, 2.45) is 0 Å². The minimum absolute atomic E-state index is 0.160. The molecule has 2 heterocycles. The molecule has 27 heavy (non-hydrogen) atoms. The van der Waals surface area contributed by atoms with Gasteiger partial charge in [0.2, 0.25) is 0 Å². The largest absolute Gasteiger partial charge is 0.497 e. The number of amides is 1. The van der Waals surface area contributed by atoms with Gasteiger partial charge in [-0.15, -0.1) is 11.3 Å². The Kier molecular flexibility index (Phi) is 4.89. The van der Waals surface area contributed by atoms with Crippen LogP contribution < -0.4 is 10.1 Å². The molecule has 2 aromatic heterocycles. The number of rotatable bonds is 6. The van der Waals surface area contributed by atoms with Crippen LogP contribution in [-0.2, 0) is 6.42 Å². The van der Waals surface area contributed by atoms with Gasteiger partial charge in [-0.2, -0.15) is 0 Å². The molecule has 1 N–H and O–H groups in total. The molecule has 136 valence electrons. The van der Waals surface area contributed by atoms with Gasteiger partial charge in [0.25, 0.3) is 5.91 Å². The molecule has 0 aliphatic carbocycles. The van der Waals surface area contributed by atoms with Crippen LogP contribution in [0, 0.1) is 0 Å². The monoisotopic (exact) mass is 377 g/mol. The Balaban J connectivity index is 1.59. The molecule has 4 rings (SSSR count). The van der Waals surface area contributed by atoms with Gasteiger partial charge in [-0.1, -0.05) is 30.3 Å². The lowest BCUT2D eigenvalue weighted by molar-refractivity contribution is 0.0950. The third kappa shape index (κ3) is 3.57. The molecule has 2 aromatic carbocycles. The van der Waals surface area contributed by atoms with Crippen molar-refractivity contribution < 1.29 is 9.53 Å². The number of thiazole rings is 1. The van der Waals surface area contributed by atoms with Gasteiger partial charge in [0.1, 0.15) is 5.75 Å². The Morgan fingerprint density at radius 2 is 1.93 bits per heavy atom. The normalized spacial score (nSPS) is 10.9. The summed E-state index contributed by atoms with van der Waals surface area (Å²) in [5.74, 6) is 0.617. The second kappa shape index (κ2) is 7.63. The zero-order chi connectivity index (χ0) is 18.6. The summed E-state index contributed by atoms with van der Waals surface area (Å²) in [5, 5.41) is 4.96. The highest BCUT2D eigenvalue weighted by Crippen LogP contribution is 2.29. The number of nitrogens with zero attached hydrogens (tertiary/aromatic N) is 2. The second-order valence-corrected chi connectivity index (χ2v) is 6.96. The highest BCUT2D eigenvalue weighted by molar-refractivity contribution is 7.15. The molecule has 0 saturated carbocycles. The topological polar surface area (TPSA) is 55.6 Å². The lowest BCUT2D eigenvalue weighted by atomic mass is 10.1. The van der Waals surface area contributed by atoms with Crippen LogP contribution in [0.3, 0.4) is 0 Å². The molecule has 0 spiro atoms. The molecule has 0 atom stereocenters. The van der Waals surface area contributed by atoms with E-state index < -0.39 is 0 Å². The number of aromatic nitrogens is 2. The number of carbonyl (C=O) groups excluding carboxylic acids is 1. The summed E-state index contributed by atoms with van der Waals surface area (Å²) in [7, 11) is 1.64. The lowest BCUT2D eigenvalue weighted by Crippen LogP contribution is -2.26. The third-order valence-electron chi connectivity index (χ3n) is 4.38. The highest BCUT2D eigenvalue weighted by Gasteiger charge is 2.20. The van der Waals surface area contributed by atoms with Crippen molar-refractivity contribution in [3.63, 3.8) is 0 Å². The fraction of sp³-hybridized carbons (Fsp3) is 0.143. The first-order valence-corrected chi connectivity index (χ1v) is 9.56. The Labute approximate surface area is 161 Å².